The van der Waals surface area contributed by atoms with Crippen LogP contribution in [0.25, 0.3) is 0 Å². The fourth-order valence-electron chi connectivity index (χ4n) is 4.18. The van der Waals surface area contributed by atoms with E-state index in [9.17, 15) is 4.79 Å². The fourth-order valence-corrected chi connectivity index (χ4v) is 4.18. The zero-order valence-corrected chi connectivity index (χ0v) is 14.3. The maximum absolute atomic E-state index is 12.9. The maximum Gasteiger partial charge on any atom is 0.254 e. The summed E-state index contributed by atoms with van der Waals surface area (Å²) in [6.45, 7) is 4.53. The van der Waals surface area contributed by atoms with Gasteiger partial charge in [-0.2, -0.15) is 5.26 Å². The molecule has 4 rings (SSSR count). The van der Waals surface area contributed by atoms with Crippen molar-refractivity contribution in [3.63, 3.8) is 0 Å². The Bertz CT molecular complexity index is 835. The van der Waals surface area contributed by atoms with Gasteiger partial charge in [-0.1, -0.05) is 6.07 Å². The molecule has 0 aliphatic carbocycles. The Morgan fingerprint density at radius 1 is 1.24 bits per heavy atom. The number of carbonyl (C=O) groups excluding carboxylic acids is 1. The topological polar surface area (TPSA) is 60.5 Å². The number of amides is 1. The van der Waals surface area contributed by atoms with Crippen LogP contribution in [0.15, 0.2) is 40.8 Å². The van der Waals surface area contributed by atoms with Crippen LogP contribution in [0.3, 0.4) is 0 Å². The second-order valence-corrected chi connectivity index (χ2v) is 6.89. The second-order valence-electron chi connectivity index (χ2n) is 6.89. The number of nitriles is 1. The molecule has 2 atom stereocenters. The van der Waals surface area contributed by atoms with Gasteiger partial charge in [-0.15, -0.1) is 0 Å². The van der Waals surface area contributed by atoms with Crippen molar-refractivity contribution in [3.8, 4) is 6.07 Å². The molecular weight excluding hydrogens is 314 g/mol. The highest BCUT2D eigenvalue weighted by molar-refractivity contribution is 5.95. The first kappa shape index (κ1) is 15.9. The Labute approximate surface area is 147 Å². The third-order valence-corrected chi connectivity index (χ3v) is 5.35. The van der Waals surface area contributed by atoms with Gasteiger partial charge in [0.2, 0.25) is 0 Å². The largest absolute Gasteiger partial charge is 0.465 e. The number of benzene rings is 1. The molecule has 0 saturated carbocycles. The lowest BCUT2D eigenvalue weighted by atomic mass is 10.1. The van der Waals surface area contributed by atoms with E-state index < -0.39 is 0 Å². The first-order valence-electron chi connectivity index (χ1n) is 8.76. The molecule has 5 nitrogen and oxygen atoms in total. The molecule has 1 amide bonds. The molecule has 1 aromatic heterocycles. The quantitative estimate of drug-likeness (QED) is 0.865. The molecule has 0 unspecified atom stereocenters. The van der Waals surface area contributed by atoms with Crippen molar-refractivity contribution < 1.29 is 9.21 Å². The second kappa shape index (κ2) is 6.38. The predicted octanol–water partition coefficient (Wildman–Crippen LogP) is 2.95. The summed E-state index contributed by atoms with van der Waals surface area (Å²) in [5, 5.41) is 9.05. The van der Waals surface area contributed by atoms with Gasteiger partial charge in [0.15, 0.2) is 0 Å². The van der Waals surface area contributed by atoms with E-state index in [0.717, 1.165) is 44.0 Å². The molecule has 2 aliphatic rings. The minimum atomic E-state index is 0.0419. The monoisotopic (exact) mass is 335 g/mol. The van der Waals surface area contributed by atoms with Crippen LogP contribution in [0.2, 0.25) is 0 Å². The SMILES string of the molecule is Cc1ccc(CN2CC[C@@H]3[C@@H]2CCN3C(=O)c2cccc(C#N)c2)o1. The molecule has 2 aromatic rings. The van der Waals surface area contributed by atoms with E-state index in [0.29, 0.717) is 17.2 Å². The van der Waals surface area contributed by atoms with Crippen LogP contribution < -0.4 is 0 Å². The van der Waals surface area contributed by atoms with E-state index in [1.54, 1.807) is 24.3 Å². The molecule has 0 spiro atoms. The van der Waals surface area contributed by atoms with E-state index in [2.05, 4.69) is 11.0 Å². The molecule has 3 heterocycles. The summed E-state index contributed by atoms with van der Waals surface area (Å²) in [5.41, 5.74) is 1.14. The van der Waals surface area contributed by atoms with Gasteiger partial charge in [0.1, 0.15) is 11.5 Å². The average molecular weight is 335 g/mol. The Kier molecular flexibility index (Phi) is 4.06. The van der Waals surface area contributed by atoms with Crippen LogP contribution in [0.4, 0.5) is 0 Å². The van der Waals surface area contributed by atoms with Crippen LogP contribution in [0.5, 0.6) is 0 Å². The fraction of sp³-hybridized carbons (Fsp3) is 0.400. The van der Waals surface area contributed by atoms with Crippen molar-refractivity contribution in [2.24, 2.45) is 0 Å². The van der Waals surface area contributed by atoms with E-state index in [1.165, 1.54) is 0 Å². The predicted molar refractivity (Wildman–Crippen MR) is 92.9 cm³/mol. The number of rotatable bonds is 3. The normalized spacial score (nSPS) is 22.8. The van der Waals surface area contributed by atoms with Crippen LogP contribution >= 0.6 is 0 Å². The van der Waals surface area contributed by atoms with Crippen molar-refractivity contribution in [1.29, 1.82) is 5.26 Å². The van der Waals surface area contributed by atoms with Crippen molar-refractivity contribution in [2.45, 2.75) is 38.4 Å². The summed E-state index contributed by atoms with van der Waals surface area (Å²) in [5.74, 6) is 1.97. The number of aryl methyl sites for hydroxylation is 1. The van der Waals surface area contributed by atoms with E-state index >= 15 is 0 Å². The Morgan fingerprint density at radius 2 is 2.08 bits per heavy atom. The van der Waals surface area contributed by atoms with Crippen LogP contribution in [-0.2, 0) is 6.54 Å². The highest BCUT2D eigenvalue weighted by Crippen LogP contribution is 2.33. The highest BCUT2D eigenvalue weighted by atomic mass is 16.3. The van der Waals surface area contributed by atoms with Gasteiger partial charge in [-0.25, -0.2) is 0 Å². The number of fused-ring (bicyclic) bond motifs is 1. The van der Waals surface area contributed by atoms with E-state index in [4.69, 9.17) is 9.68 Å². The number of hydrogen-bond donors (Lipinski definition) is 0. The summed E-state index contributed by atoms with van der Waals surface area (Å²) in [7, 11) is 0. The summed E-state index contributed by atoms with van der Waals surface area (Å²) in [4.78, 5) is 17.3. The van der Waals surface area contributed by atoms with Gasteiger partial charge in [0.05, 0.1) is 18.2 Å². The number of nitrogens with zero attached hydrogens (tertiary/aromatic N) is 3. The summed E-state index contributed by atoms with van der Waals surface area (Å²) in [6, 6.07) is 13.8. The third-order valence-electron chi connectivity index (χ3n) is 5.35. The van der Waals surface area contributed by atoms with Crippen LogP contribution in [0, 0.1) is 18.3 Å². The van der Waals surface area contributed by atoms with Gasteiger partial charge in [-0.05, 0) is 50.1 Å². The zero-order valence-electron chi connectivity index (χ0n) is 14.3. The zero-order chi connectivity index (χ0) is 17.4. The van der Waals surface area contributed by atoms with E-state index in [-0.39, 0.29) is 11.9 Å². The van der Waals surface area contributed by atoms with Gasteiger partial charge in [0.25, 0.3) is 5.91 Å². The number of furan rings is 1. The average Bonchev–Trinajstić information content (AvgIpc) is 3.32. The molecule has 1 aromatic carbocycles. The van der Waals surface area contributed by atoms with Crippen molar-refractivity contribution in [2.75, 3.05) is 13.1 Å². The van der Waals surface area contributed by atoms with E-state index in [1.807, 2.05) is 24.0 Å². The molecule has 5 heteroatoms. The number of likely N-dealkylation sites (tertiary alicyclic amines) is 2. The molecular formula is C20H21N3O2. The molecule has 2 aliphatic heterocycles. The Hall–Kier alpha value is -2.58. The van der Waals surface area contributed by atoms with Gasteiger partial charge in [-0.3, -0.25) is 9.69 Å². The molecule has 25 heavy (non-hydrogen) atoms. The molecule has 0 N–H and O–H groups in total. The molecule has 0 radical (unpaired) electrons. The summed E-state index contributed by atoms with van der Waals surface area (Å²) >= 11 is 0. The van der Waals surface area contributed by atoms with Crippen molar-refractivity contribution >= 4 is 5.91 Å². The van der Waals surface area contributed by atoms with Crippen molar-refractivity contribution in [3.05, 3.63) is 59.0 Å². The molecule has 128 valence electrons. The summed E-state index contributed by atoms with van der Waals surface area (Å²) in [6.07, 6.45) is 1.99. The van der Waals surface area contributed by atoms with Gasteiger partial charge >= 0.3 is 0 Å². The van der Waals surface area contributed by atoms with Crippen LogP contribution in [-0.4, -0.2) is 40.9 Å². The maximum atomic E-state index is 12.9. The number of carbonyl (C=O) groups is 1. The van der Waals surface area contributed by atoms with Gasteiger partial charge < -0.3 is 9.32 Å². The molecule has 2 fully saturated rings. The molecule has 0 bridgehead atoms. The van der Waals surface area contributed by atoms with Crippen LogP contribution in [0.1, 0.15) is 40.3 Å². The third kappa shape index (κ3) is 2.94. The Morgan fingerprint density at radius 3 is 2.84 bits per heavy atom. The van der Waals surface area contributed by atoms with Crippen molar-refractivity contribution in [1.82, 2.24) is 9.80 Å². The minimum Gasteiger partial charge on any atom is -0.465 e. The van der Waals surface area contributed by atoms with Gasteiger partial charge in [0, 0.05) is 30.7 Å². The lowest BCUT2D eigenvalue weighted by molar-refractivity contribution is 0.0731. The minimum absolute atomic E-state index is 0.0419. The molecule has 2 saturated heterocycles. The smallest absolute Gasteiger partial charge is 0.254 e. The summed E-state index contributed by atoms with van der Waals surface area (Å²) < 4.78 is 5.71. The number of hydrogen-bond acceptors (Lipinski definition) is 4. The first-order valence-corrected chi connectivity index (χ1v) is 8.76. The standard InChI is InChI=1S/C20H21N3O2/c1-14-5-6-17(25-14)13-22-9-7-19-18(22)8-10-23(19)20(24)16-4-2-3-15(11-16)12-21/h2-6,11,18-19H,7-10,13H2,1H3/t18-,19+/m0/s1. The Balaban J connectivity index is 1.47. The first-order chi connectivity index (χ1) is 12.2. The lowest BCUT2D eigenvalue weighted by Crippen LogP contribution is -2.39. The highest BCUT2D eigenvalue weighted by Gasteiger charge is 2.44. The lowest BCUT2D eigenvalue weighted by Gasteiger charge is -2.25.